The van der Waals surface area contributed by atoms with E-state index in [9.17, 15) is 5.26 Å². The third kappa shape index (κ3) is 5.62. The molecule has 0 saturated carbocycles. The first kappa shape index (κ1) is 16.0. The van der Waals surface area contributed by atoms with Crippen molar-refractivity contribution < 1.29 is 0 Å². The first-order valence-electron chi connectivity index (χ1n) is 6.62. The van der Waals surface area contributed by atoms with Crippen LogP contribution in [0.1, 0.15) is 40.0 Å². The summed E-state index contributed by atoms with van der Waals surface area (Å²) in [6, 6.07) is 2.71. The van der Waals surface area contributed by atoms with Gasteiger partial charge in [0.05, 0.1) is 6.07 Å². The lowest BCUT2D eigenvalue weighted by Crippen LogP contribution is -2.44. The highest BCUT2D eigenvalue weighted by atomic mass is 32.2. The molecule has 0 aliphatic heterocycles. The van der Waals surface area contributed by atoms with Gasteiger partial charge >= 0.3 is 0 Å². The van der Waals surface area contributed by atoms with E-state index in [0.717, 1.165) is 30.2 Å². The first-order chi connectivity index (χ1) is 8.97. The molecule has 1 atom stereocenters. The van der Waals surface area contributed by atoms with E-state index in [1.807, 2.05) is 18.5 Å². The van der Waals surface area contributed by atoms with E-state index in [4.69, 9.17) is 0 Å². The second-order valence-corrected chi connectivity index (χ2v) is 6.34. The molecule has 1 aromatic heterocycles. The molecule has 0 fully saturated rings. The van der Waals surface area contributed by atoms with Gasteiger partial charge in [0, 0.05) is 18.8 Å². The summed E-state index contributed by atoms with van der Waals surface area (Å²) in [5.41, 5.74) is -0.413. The van der Waals surface area contributed by atoms with Crippen LogP contribution in [0.5, 0.6) is 0 Å². The normalized spacial score (nSPS) is 14.3. The lowest BCUT2D eigenvalue weighted by Gasteiger charge is -2.25. The molecule has 5 nitrogen and oxygen atoms in total. The Bertz CT molecular complexity index is 423. The number of rotatable bonds is 8. The highest BCUT2D eigenvalue weighted by Gasteiger charge is 2.23. The van der Waals surface area contributed by atoms with Crippen molar-refractivity contribution in [2.24, 2.45) is 7.05 Å². The third-order valence-corrected chi connectivity index (χ3v) is 3.95. The van der Waals surface area contributed by atoms with Gasteiger partial charge in [-0.3, -0.25) is 5.32 Å². The number of hydrogen-bond donors (Lipinski definition) is 1. The Kier molecular flexibility index (Phi) is 6.32. The summed E-state index contributed by atoms with van der Waals surface area (Å²) in [6.45, 7) is 6.11. The monoisotopic (exact) mass is 281 g/mol. The maximum Gasteiger partial charge on any atom is 0.190 e. The molecule has 1 N–H and O–H groups in total. The molecule has 1 rings (SSSR count). The molecule has 0 aliphatic rings. The van der Waals surface area contributed by atoms with Crippen LogP contribution in [-0.4, -0.2) is 32.1 Å². The SMILES string of the molecule is CC(C)NC(C)(C#N)CCCCSc1nncn1C. The fraction of sp³-hybridized carbons (Fsp3) is 0.769. The van der Waals surface area contributed by atoms with Gasteiger partial charge in [0.1, 0.15) is 11.9 Å². The standard InChI is InChI=1S/C13H23N5S/c1-11(2)16-13(3,9-14)7-5-6-8-19-12-17-15-10-18(12)4/h10-11,16H,5-8H2,1-4H3. The molecular formula is C13H23N5S. The zero-order valence-electron chi connectivity index (χ0n) is 12.2. The smallest absolute Gasteiger partial charge is 0.190 e. The molecule has 0 amide bonds. The fourth-order valence-corrected chi connectivity index (χ4v) is 2.83. The largest absolute Gasteiger partial charge is 0.312 e. The molecule has 0 bridgehead atoms. The summed E-state index contributed by atoms with van der Waals surface area (Å²) >= 11 is 1.71. The van der Waals surface area contributed by atoms with Crippen LogP contribution < -0.4 is 5.32 Å². The number of unbranched alkanes of at least 4 members (excludes halogenated alkanes) is 1. The Morgan fingerprint density at radius 3 is 2.79 bits per heavy atom. The van der Waals surface area contributed by atoms with E-state index in [1.165, 1.54) is 0 Å². The van der Waals surface area contributed by atoms with Crippen molar-refractivity contribution in [1.82, 2.24) is 20.1 Å². The number of nitriles is 1. The van der Waals surface area contributed by atoms with Crippen molar-refractivity contribution in [2.75, 3.05) is 5.75 Å². The molecule has 19 heavy (non-hydrogen) atoms. The van der Waals surface area contributed by atoms with Gasteiger partial charge in [0.25, 0.3) is 0 Å². The topological polar surface area (TPSA) is 66.5 Å². The molecular weight excluding hydrogens is 258 g/mol. The van der Waals surface area contributed by atoms with E-state index < -0.39 is 5.54 Å². The second kappa shape index (κ2) is 7.51. The molecule has 0 saturated heterocycles. The van der Waals surface area contributed by atoms with Crippen molar-refractivity contribution in [3.05, 3.63) is 6.33 Å². The van der Waals surface area contributed by atoms with E-state index in [2.05, 4.69) is 35.4 Å². The zero-order chi connectivity index (χ0) is 14.3. The van der Waals surface area contributed by atoms with E-state index in [1.54, 1.807) is 18.1 Å². The van der Waals surface area contributed by atoms with Crippen molar-refractivity contribution >= 4 is 11.8 Å². The molecule has 0 radical (unpaired) electrons. The van der Waals surface area contributed by atoms with Gasteiger partial charge in [-0.25, -0.2) is 0 Å². The number of thioether (sulfide) groups is 1. The highest BCUT2D eigenvalue weighted by Crippen LogP contribution is 2.19. The molecule has 0 spiro atoms. The molecule has 0 aromatic carbocycles. The quantitative estimate of drug-likeness (QED) is 0.585. The van der Waals surface area contributed by atoms with Crippen LogP contribution in [0.3, 0.4) is 0 Å². The predicted molar refractivity (Wildman–Crippen MR) is 77.9 cm³/mol. The summed E-state index contributed by atoms with van der Waals surface area (Å²) in [5.74, 6) is 1.01. The molecule has 106 valence electrons. The number of aryl methyl sites for hydroxylation is 1. The van der Waals surface area contributed by atoms with Crippen LogP contribution in [0.25, 0.3) is 0 Å². The summed E-state index contributed by atoms with van der Waals surface area (Å²) in [7, 11) is 1.95. The molecule has 1 heterocycles. The van der Waals surface area contributed by atoms with Gasteiger partial charge in [0.2, 0.25) is 0 Å². The summed E-state index contributed by atoms with van der Waals surface area (Å²) < 4.78 is 1.92. The van der Waals surface area contributed by atoms with E-state index in [-0.39, 0.29) is 0 Å². The molecule has 0 aliphatic carbocycles. The van der Waals surface area contributed by atoms with Crippen LogP contribution in [0.15, 0.2) is 11.5 Å². The maximum atomic E-state index is 9.24. The zero-order valence-corrected chi connectivity index (χ0v) is 13.0. The van der Waals surface area contributed by atoms with Crippen LogP contribution in [0.2, 0.25) is 0 Å². The highest BCUT2D eigenvalue weighted by molar-refractivity contribution is 7.99. The van der Waals surface area contributed by atoms with Crippen LogP contribution in [-0.2, 0) is 7.05 Å². The van der Waals surface area contributed by atoms with Crippen molar-refractivity contribution in [3.63, 3.8) is 0 Å². The summed E-state index contributed by atoms with van der Waals surface area (Å²) in [6.07, 6.45) is 4.70. The third-order valence-electron chi connectivity index (χ3n) is 2.83. The number of aromatic nitrogens is 3. The van der Waals surface area contributed by atoms with Gasteiger partial charge in [-0.2, -0.15) is 5.26 Å². The number of hydrogen-bond acceptors (Lipinski definition) is 5. The Hall–Kier alpha value is -1.06. The minimum absolute atomic E-state index is 0.331. The molecule has 1 unspecified atom stereocenters. The fourth-order valence-electron chi connectivity index (χ4n) is 1.94. The Morgan fingerprint density at radius 1 is 1.53 bits per heavy atom. The van der Waals surface area contributed by atoms with Crippen LogP contribution in [0, 0.1) is 11.3 Å². The Morgan fingerprint density at radius 2 is 2.26 bits per heavy atom. The van der Waals surface area contributed by atoms with Crippen LogP contribution in [0.4, 0.5) is 0 Å². The Balaban J connectivity index is 2.23. The lowest BCUT2D eigenvalue weighted by molar-refractivity contribution is 0.372. The van der Waals surface area contributed by atoms with Crippen molar-refractivity contribution in [1.29, 1.82) is 5.26 Å². The van der Waals surface area contributed by atoms with Gasteiger partial charge in [-0.15, -0.1) is 10.2 Å². The predicted octanol–water partition coefficient (Wildman–Crippen LogP) is 2.36. The van der Waals surface area contributed by atoms with Crippen molar-refractivity contribution in [2.45, 2.75) is 56.8 Å². The lowest BCUT2D eigenvalue weighted by atomic mass is 9.96. The minimum Gasteiger partial charge on any atom is -0.312 e. The van der Waals surface area contributed by atoms with E-state index in [0.29, 0.717) is 6.04 Å². The van der Waals surface area contributed by atoms with Crippen LogP contribution >= 0.6 is 11.8 Å². The summed E-state index contributed by atoms with van der Waals surface area (Å²) in [4.78, 5) is 0. The minimum atomic E-state index is -0.413. The Labute approximate surface area is 119 Å². The second-order valence-electron chi connectivity index (χ2n) is 5.27. The van der Waals surface area contributed by atoms with Gasteiger partial charge < -0.3 is 4.57 Å². The average Bonchev–Trinajstić information content (AvgIpc) is 2.74. The summed E-state index contributed by atoms with van der Waals surface area (Å²) in [5, 5.41) is 21.4. The van der Waals surface area contributed by atoms with Gasteiger partial charge in [0.15, 0.2) is 5.16 Å². The first-order valence-corrected chi connectivity index (χ1v) is 7.61. The van der Waals surface area contributed by atoms with E-state index >= 15 is 0 Å². The number of nitrogens with one attached hydrogen (secondary N) is 1. The van der Waals surface area contributed by atoms with Gasteiger partial charge in [-0.05, 0) is 40.0 Å². The number of nitrogens with zero attached hydrogens (tertiary/aromatic N) is 4. The van der Waals surface area contributed by atoms with Crippen molar-refractivity contribution in [3.8, 4) is 6.07 Å². The average molecular weight is 281 g/mol. The maximum absolute atomic E-state index is 9.24. The molecule has 6 heteroatoms. The molecule has 1 aromatic rings. The van der Waals surface area contributed by atoms with Gasteiger partial charge in [-0.1, -0.05) is 11.8 Å².